The van der Waals surface area contributed by atoms with Gasteiger partial charge in [0, 0.05) is 29.4 Å². The number of aliphatic hydroxyl groups excluding tert-OH is 1. The Balaban J connectivity index is 1.85. The van der Waals surface area contributed by atoms with Crippen molar-refractivity contribution in [2.24, 2.45) is 11.3 Å². The molecule has 1 saturated carbocycles. The van der Waals surface area contributed by atoms with Crippen LogP contribution in [0.2, 0.25) is 0 Å². The Morgan fingerprint density at radius 1 is 1.48 bits per heavy atom. The van der Waals surface area contributed by atoms with Crippen molar-refractivity contribution in [1.29, 1.82) is 0 Å². The van der Waals surface area contributed by atoms with E-state index in [2.05, 4.69) is 6.92 Å². The highest BCUT2D eigenvalue weighted by Gasteiger charge is 2.77. The maximum Gasteiger partial charge on any atom is 0.334 e. The second kappa shape index (κ2) is 5.21. The molecule has 25 heavy (non-hydrogen) atoms. The second-order valence-electron chi connectivity index (χ2n) is 8.06. The Morgan fingerprint density at radius 3 is 2.88 bits per heavy atom. The summed E-state index contributed by atoms with van der Waals surface area (Å²) in [6, 6.07) is 0. The Bertz CT molecular complexity index is 762. The number of rotatable bonds is 2. The van der Waals surface area contributed by atoms with Crippen molar-refractivity contribution in [3.63, 3.8) is 0 Å². The highest BCUT2D eigenvalue weighted by Crippen LogP contribution is 2.69. The van der Waals surface area contributed by atoms with Crippen LogP contribution in [0.5, 0.6) is 0 Å². The number of fused-ring (bicyclic) bond motifs is 1. The molecule has 3 aliphatic rings. The fraction of sp³-hybridized carbons (Fsp3) is 0.650. The standard InChI is InChI=1S/C20H26O5/c1-6-10(2)18(22)24-17-16-11(3)9-23-14(16)8-20-15(25-20)7-13(21)12(4)19(17,20)5/h6,9,12-13,15,17,21H,7-8H2,1-5H3/t12-,13-,15-,17+,19+,20-/m1/s1. The number of aryl methyl sites for hydroxylation is 1. The summed E-state index contributed by atoms with van der Waals surface area (Å²) in [7, 11) is 0. The van der Waals surface area contributed by atoms with Gasteiger partial charge in [0.05, 0.1) is 18.5 Å². The molecule has 136 valence electrons. The Kier molecular flexibility index (Phi) is 3.51. The number of carbonyl (C=O) groups excluding carboxylic acids is 1. The van der Waals surface area contributed by atoms with E-state index in [0.717, 1.165) is 16.9 Å². The first-order chi connectivity index (χ1) is 11.8. The van der Waals surface area contributed by atoms with Gasteiger partial charge in [-0.3, -0.25) is 0 Å². The van der Waals surface area contributed by atoms with E-state index in [1.54, 1.807) is 19.3 Å². The number of hydrogen-bond donors (Lipinski definition) is 1. The lowest BCUT2D eigenvalue weighted by Crippen LogP contribution is -2.58. The zero-order valence-corrected chi connectivity index (χ0v) is 15.5. The normalized spacial score (nSPS) is 42.2. The quantitative estimate of drug-likeness (QED) is 0.506. The zero-order chi connectivity index (χ0) is 18.1. The zero-order valence-electron chi connectivity index (χ0n) is 15.5. The van der Waals surface area contributed by atoms with Crippen molar-refractivity contribution >= 4 is 5.97 Å². The number of esters is 1. The molecule has 1 N–H and O–H groups in total. The van der Waals surface area contributed by atoms with Crippen molar-refractivity contribution in [3.05, 3.63) is 34.8 Å². The molecule has 0 bridgehead atoms. The summed E-state index contributed by atoms with van der Waals surface area (Å²) in [6.07, 6.45) is 3.80. The molecule has 5 nitrogen and oxygen atoms in total. The summed E-state index contributed by atoms with van der Waals surface area (Å²) in [6.45, 7) is 9.68. The van der Waals surface area contributed by atoms with Crippen LogP contribution in [-0.4, -0.2) is 28.9 Å². The molecule has 6 atom stereocenters. The number of carbonyl (C=O) groups is 1. The first-order valence-electron chi connectivity index (χ1n) is 9.03. The van der Waals surface area contributed by atoms with E-state index in [1.807, 2.05) is 20.8 Å². The Labute approximate surface area is 148 Å². The van der Waals surface area contributed by atoms with Crippen molar-refractivity contribution in [2.45, 2.75) is 71.4 Å². The van der Waals surface area contributed by atoms with Crippen LogP contribution in [0.15, 0.2) is 22.3 Å². The number of epoxide rings is 1. The molecule has 1 aliphatic heterocycles. The summed E-state index contributed by atoms with van der Waals surface area (Å²) in [5.41, 5.74) is 1.58. The molecule has 5 heteroatoms. The lowest BCUT2D eigenvalue weighted by Gasteiger charge is -2.52. The third kappa shape index (κ3) is 1.99. The average molecular weight is 346 g/mol. The summed E-state index contributed by atoms with van der Waals surface area (Å²) in [5.74, 6) is 0.455. The van der Waals surface area contributed by atoms with Crippen LogP contribution >= 0.6 is 0 Å². The molecule has 1 saturated heterocycles. The third-order valence-corrected chi connectivity index (χ3v) is 7.02. The Morgan fingerprint density at radius 2 is 2.20 bits per heavy atom. The molecule has 2 aliphatic carbocycles. The molecule has 0 unspecified atom stereocenters. The topological polar surface area (TPSA) is 72.2 Å². The van der Waals surface area contributed by atoms with Gasteiger partial charge in [0.15, 0.2) is 0 Å². The highest BCUT2D eigenvalue weighted by molar-refractivity contribution is 5.88. The molecule has 0 amide bonds. The van der Waals surface area contributed by atoms with Gasteiger partial charge < -0.3 is 19.0 Å². The predicted octanol–water partition coefficient (Wildman–Crippen LogP) is 3.24. The van der Waals surface area contributed by atoms with Gasteiger partial charge in [-0.15, -0.1) is 0 Å². The number of hydrogen-bond acceptors (Lipinski definition) is 5. The summed E-state index contributed by atoms with van der Waals surface area (Å²) in [4.78, 5) is 12.6. The van der Waals surface area contributed by atoms with Gasteiger partial charge in [0.25, 0.3) is 0 Å². The largest absolute Gasteiger partial charge is 0.469 e. The minimum Gasteiger partial charge on any atom is -0.469 e. The van der Waals surface area contributed by atoms with E-state index < -0.39 is 23.2 Å². The first kappa shape index (κ1) is 16.9. The van der Waals surface area contributed by atoms with E-state index in [0.29, 0.717) is 18.4 Å². The number of ether oxygens (including phenoxy) is 2. The molecule has 1 aromatic rings. The van der Waals surface area contributed by atoms with Crippen molar-refractivity contribution < 1.29 is 23.8 Å². The highest BCUT2D eigenvalue weighted by atomic mass is 16.6. The lowest BCUT2D eigenvalue weighted by atomic mass is 9.53. The molecule has 0 radical (unpaired) electrons. The Hall–Kier alpha value is -1.59. The van der Waals surface area contributed by atoms with Gasteiger partial charge in [-0.1, -0.05) is 19.9 Å². The smallest absolute Gasteiger partial charge is 0.334 e. The molecule has 2 heterocycles. The minimum absolute atomic E-state index is 0.00808. The predicted molar refractivity (Wildman–Crippen MR) is 90.9 cm³/mol. The van der Waals surface area contributed by atoms with Gasteiger partial charge in [0.1, 0.15) is 17.5 Å². The van der Waals surface area contributed by atoms with Crippen LogP contribution in [-0.2, 0) is 20.7 Å². The van der Waals surface area contributed by atoms with E-state index >= 15 is 0 Å². The van der Waals surface area contributed by atoms with Crippen molar-refractivity contribution in [1.82, 2.24) is 0 Å². The number of aliphatic hydroxyl groups is 1. The monoisotopic (exact) mass is 346 g/mol. The van der Waals surface area contributed by atoms with Crippen LogP contribution in [0.1, 0.15) is 57.1 Å². The third-order valence-electron chi connectivity index (χ3n) is 7.02. The van der Waals surface area contributed by atoms with Gasteiger partial charge in [-0.25, -0.2) is 4.79 Å². The van der Waals surface area contributed by atoms with Crippen LogP contribution in [0.3, 0.4) is 0 Å². The van der Waals surface area contributed by atoms with E-state index in [-0.39, 0.29) is 18.0 Å². The first-order valence-corrected chi connectivity index (χ1v) is 9.03. The summed E-state index contributed by atoms with van der Waals surface area (Å²) < 4.78 is 18.0. The number of furan rings is 1. The van der Waals surface area contributed by atoms with Crippen molar-refractivity contribution in [2.75, 3.05) is 0 Å². The fourth-order valence-corrected chi connectivity index (χ4v) is 4.98. The van der Waals surface area contributed by atoms with E-state index in [4.69, 9.17) is 13.9 Å². The van der Waals surface area contributed by atoms with Gasteiger partial charge >= 0.3 is 5.97 Å². The number of allylic oxidation sites excluding steroid dienone is 1. The summed E-state index contributed by atoms with van der Waals surface area (Å²) in [5, 5.41) is 10.6. The van der Waals surface area contributed by atoms with Crippen LogP contribution in [0, 0.1) is 18.3 Å². The molecular formula is C20H26O5. The molecular weight excluding hydrogens is 320 g/mol. The molecule has 1 spiro atoms. The maximum absolute atomic E-state index is 12.6. The van der Waals surface area contributed by atoms with E-state index in [1.165, 1.54) is 0 Å². The van der Waals surface area contributed by atoms with Crippen LogP contribution < -0.4 is 0 Å². The van der Waals surface area contributed by atoms with Crippen molar-refractivity contribution in [3.8, 4) is 0 Å². The maximum atomic E-state index is 12.6. The fourth-order valence-electron chi connectivity index (χ4n) is 4.98. The summed E-state index contributed by atoms with van der Waals surface area (Å²) >= 11 is 0. The minimum atomic E-state index is -0.499. The average Bonchev–Trinajstić information content (AvgIpc) is 3.16. The second-order valence-corrected chi connectivity index (χ2v) is 8.06. The molecule has 1 aromatic heterocycles. The SMILES string of the molecule is CC=C(C)C(=O)O[C@H]1c2c(C)coc2C[C@@]23O[C@@H]2C[C@@H](O)[C@@H](C)[C@@]13C. The molecule has 2 fully saturated rings. The van der Waals surface area contributed by atoms with Gasteiger partial charge in [0.2, 0.25) is 0 Å². The molecule has 0 aromatic carbocycles. The van der Waals surface area contributed by atoms with Crippen LogP contribution in [0.4, 0.5) is 0 Å². The molecule has 4 rings (SSSR count). The lowest BCUT2D eigenvalue weighted by molar-refractivity contribution is -0.171. The van der Waals surface area contributed by atoms with E-state index in [9.17, 15) is 9.90 Å². The van der Waals surface area contributed by atoms with Crippen LogP contribution in [0.25, 0.3) is 0 Å². The van der Waals surface area contributed by atoms with Gasteiger partial charge in [-0.05, 0) is 32.3 Å². The van der Waals surface area contributed by atoms with Gasteiger partial charge in [-0.2, -0.15) is 0 Å².